The van der Waals surface area contributed by atoms with Crippen LogP contribution in [0.1, 0.15) is 30.2 Å². The Kier molecular flexibility index (Phi) is 5.41. The van der Waals surface area contributed by atoms with Gasteiger partial charge in [-0.25, -0.2) is 0 Å². The Bertz CT molecular complexity index is 601. The highest BCUT2D eigenvalue weighted by molar-refractivity contribution is 5.17. The fourth-order valence-corrected chi connectivity index (χ4v) is 3.42. The van der Waals surface area contributed by atoms with Gasteiger partial charge < -0.3 is 5.32 Å². The second-order valence-electron chi connectivity index (χ2n) is 6.52. The summed E-state index contributed by atoms with van der Waals surface area (Å²) in [4.78, 5) is 6.81. The molecule has 5 nitrogen and oxygen atoms in total. The second-order valence-corrected chi connectivity index (χ2v) is 6.52. The zero-order chi connectivity index (χ0) is 16.1. The largest absolute Gasteiger partial charge is 0.316 e. The van der Waals surface area contributed by atoms with Gasteiger partial charge in [0, 0.05) is 50.8 Å². The van der Waals surface area contributed by atoms with Crippen molar-refractivity contribution in [3.05, 3.63) is 47.5 Å². The van der Waals surface area contributed by atoms with E-state index in [-0.39, 0.29) is 0 Å². The highest BCUT2D eigenvalue weighted by Gasteiger charge is 2.20. The van der Waals surface area contributed by atoms with E-state index in [1.807, 2.05) is 30.2 Å². The molecule has 0 amide bonds. The molecule has 124 valence electrons. The highest BCUT2D eigenvalue weighted by Crippen LogP contribution is 2.17. The number of aryl methyl sites for hydroxylation is 2. The van der Waals surface area contributed by atoms with Crippen molar-refractivity contribution < 1.29 is 0 Å². The van der Waals surface area contributed by atoms with Crippen LogP contribution in [0.15, 0.2) is 30.7 Å². The minimum absolute atomic E-state index is 0.744. The maximum Gasteiger partial charge on any atom is 0.0666 e. The van der Waals surface area contributed by atoms with E-state index in [0.29, 0.717) is 0 Å². The number of nitrogens with one attached hydrogen (secondary N) is 1. The van der Waals surface area contributed by atoms with Gasteiger partial charge in [-0.1, -0.05) is 13.0 Å². The van der Waals surface area contributed by atoms with Crippen molar-refractivity contribution in [2.45, 2.75) is 32.9 Å². The van der Waals surface area contributed by atoms with E-state index in [2.05, 4.69) is 39.5 Å². The van der Waals surface area contributed by atoms with Crippen molar-refractivity contribution in [2.75, 3.05) is 19.6 Å². The van der Waals surface area contributed by atoms with E-state index in [0.717, 1.165) is 45.1 Å². The molecule has 2 aromatic rings. The van der Waals surface area contributed by atoms with Gasteiger partial charge in [-0.2, -0.15) is 5.10 Å². The lowest BCUT2D eigenvalue weighted by Crippen LogP contribution is -2.30. The molecule has 1 atom stereocenters. The fourth-order valence-electron chi connectivity index (χ4n) is 3.42. The zero-order valence-corrected chi connectivity index (χ0v) is 14.2. The Morgan fingerprint density at radius 3 is 3.00 bits per heavy atom. The summed E-state index contributed by atoms with van der Waals surface area (Å²) < 4.78 is 1.94. The molecular weight excluding hydrogens is 286 g/mol. The fraction of sp³-hybridized carbons (Fsp3) is 0.556. The monoisotopic (exact) mass is 313 g/mol. The first-order valence-corrected chi connectivity index (χ1v) is 8.58. The van der Waals surface area contributed by atoms with Crippen LogP contribution in [0.3, 0.4) is 0 Å². The standard InChI is InChI=1S/C18H27N5/c1-3-18-17(13-22(2)21-18)14-23(12-16-6-8-20-10-16)11-15-5-4-7-19-9-15/h4-5,7,9,13,16,20H,3,6,8,10-12,14H2,1-2H3/t16-/m1/s1. The molecule has 0 bridgehead atoms. The minimum atomic E-state index is 0.744. The molecule has 1 N–H and O–H groups in total. The maximum atomic E-state index is 4.59. The highest BCUT2D eigenvalue weighted by atomic mass is 15.3. The molecule has 0 saturated carbocycles. The van der Waals surface area contributed by atoms with Crippen LogP contribution in [0, 0.1) is 5.92 Å². The van der Waals surface area contributed by atoms with Crippen molar-refractivity contribution in [3.8, 4) is 0 Å². The van der Waals surface area contributed by atoms with Gasteiger partial charge in [0.2, 0.25) is 0 Å². The van der Waals surface area contributed by atoms with Crippen molar-refractivity contribution in [1.82, 2.24) is 25.0 Å². The Hall–Kier alpha value is -1.72. The normalized spacial score (nSPS) is 18.0. The third-order valence-corrected chi connectivity index (χ3v) is 4.53. The lowest BCUT2D eigenvalue weighted by molar-refractivity contribution is 0.220. The van der Waals surface area contributed by atoms with Crippen LogP contribution in [0.4, 0.5) is 0 Å². The second kappa shape index (κ2) is 7.70. The molecule has 2 aromatic heterocycles. The number of rotatable bonds is 7. The van der Waals surface area contributed by atoms with Crippen LogP contribution >= 0.6 is 0 Å². The molecule has 3 rings (SSSR count). The summed E-state index contributed by atoms with van der Waals surface area (Å²) in [6, 6.07) is 4.18. The summed E-state index contributed by atoms with van der Waals surface area (Å²) in [7, 11) is 2.01. The van der Waals surface area contributed by atoms with Gasteiger partial charge in [-0.3, -0.25) is 14.6 Å². The summed E-state index contributed by atoms with van der Waals surface area (Å²) >= 11 is 0. The molecule has 1 saturated heterocycles. The third-order valence-electron chi connectivity index (χ3n) is 4.53. The van der Waals surface area contributed by atoms with Gasteiger partial charge in [0.25, 0.3) is 0 Å². The molecule has 0 radical (unpaired) electrons. The molecule has 23 heavy (non-hydrogen) atoms. The Labute approximate surface area is 138 Å². The van der Waals surface area contributed by atoms with Crippen LogP contribution < -0.4 is 5.32 Å². The van der Waals surface area contributed by atoms with Gasteiger partial charge in [-0.05, 0) is 43.5 Å². The summed E-state index contributed by atoms with van der Waals surface area (Å²) in [6.07, 6.45) is 8.25. The molecule has 3 heterocycles. The number of nitrogens with zero attached hydrogens (tertiary/aromatic N) is 4. The summed E-state index contributed by atoms with van der Waals surface area (Å²) in [5.74, 6) is 0.744. The van der Waals surface area contributed by atoms with E-state index >= 15 is 0 Å². The van der Waals surface area contributed by atoms with Crippen molar-refractivity contribution in [3.63, 3.8) is 0 Å². The van der Waals surface area contributed by atoms with Gasteiger partial charge in [0.15, 0.2) is 0 Å². The topological polar surface area (TPSA) is 46.0 Å². The molecule has 1 aliphatic rings. The first kappa shape index (κ1) is 16.1. The van der Waals surface area contributed by atoms with Crippen molar-refractivity contribution in [1.29, 1.82) is 0 Å². The zero-order valence-electron chi connectivity index (χ0n) is 14.2. The Morgan fingerprint density at radius 1 is 1.39 bits per heavy atom. The summed E-state index contributed by atoms with van der Waals surface area (Å²) in [5.41, 5.74) is 3.85. The molecule has 0 aliphatic carbocycles. The minimum Gasteiger partial charge on any atom is -0.316 e. The first-order valence-electron chi connectivity index (χ1n) is 8.58. The predicted molar refractivity (Wildman–Crippen MR) is 91.9 cm³/mol. The van der Waals surface area contributed by atoms with E-state index in [4.69, 9.17) is 0 Å². The lowest BCUT2D eigenvalue weighted by Gasteiger charge is -2.25. The van der Waals surface area contributed by atoms with Gasteiger partial charge in [-0.15, -0.1) is 0 Å². The molecule has 0 spiro atoms. The summed E-state index contributed by atoms with van der Waals surface area (Å²) in [5, 5.41) is 8.06. The van der Waals surface area contributed by atoms with E-state index in [9.17, 15) is 0 Å². The number of pyridine rings is 1. The van der Waals surface area contributed by atoms with Gasteiger partial charge in [0.05, 0.1) is 5.69 Å². The average molecular weight is 313 g/mol. The number of aromatic nitrogens is 3. The number of hydrogen-bond acceptors (Lipinski definition) is 4. The Balaban J connectivity index is 1.73. The smallest absolute Gasteiger partial charge is 0.0666 e. The Morgan fingerprint density at radius 2 is 2.30 bits per heavy atom. The van der Waals surface area contributed by atoms with Crippen LogP contribution in [0.25, 0.3) is 0 Å². The third kappa shape index (κ3) is 4.39. The maximum absolute atomic E-state index is 4.59. The van der Waals surface area contributed by atoms with E-state index in [1.165, 1.54) is 23.2 Å². The van der Waals surface area contributed by atoms with E-state index in [1.54, 1.807) is 0 Å². The van der Waals surface area contributed by atoms with Crippen LogP contribution in [-0.2, 0) is 26.6 Å². The van der Waals surface area contributed by atoms with Gasteiger partial charge >= 0.3 is 0 Å². The SMILES string of the molecule is CCc1nn(C)cc1CN(Cc1cccnc1)C[C@@H]1CCNC1. The molecule has 0 aromatic carbocycles. The predicted octanol–water partition coefficient (Wildman–Crippen LogP) is 1.99. The van der Waals surface area contributed by atoms with Crippen LogP contribution in [0.2, 0.25) is 0 Å². The first-order chi connectivity index (χ1) is 11.2. The molecule has 5 heteroatoms. The molecule has 1 aliphatic heterocycles. The van der Waals surface area contributed by atoms with Crippen molar-refractivity contribution >= 4 is 0 Å². The van der Waals surface area contributed by atoms with Gasteiger partial charge in [0.1, 0.15) is 0 Å². The van der Waals surface area contributed by atoms with Crippen LogP contribution in [0.5, 0.6) is 0 Å². The van der Waals surface area contributed by atoms with Crippen LogP contribution in [-0.4, -0.2) is 39.3 Å². The van der Waals surface area contributed by atoms with Crippen molar-refractivity contribution in [2.24, 2.45) is 13.0 Å². The van der Waals surface area contributed by atoms with E-state index < -0.39 is 0 Å². The summed E-state index contributed by atoms with van der Waals surface area (Å²) in [6.45, 7) is 7.50. The quantitative estimate of drug-likeness (QED) is 0.849. The average Bonchev–Trinajstić information content (AvgIpc) is 3.17. The molecule has 0 unspecified atom stereocenters. The molecular formula is C18H27N5. The number of hydrogen-bond donors (Lipinski definition) is 1. The lowest BCUT2D eigenvalue weighted by atomic mass is 10.1. The molecule has 1 fully saturated rings.